The first kappa shape index (κ1) is 26.2. The lowest BCUT2D eigenvalue weighted by Gasteiger charge is -2.31. The van der Waals surface area contributed by atoms with Gasteiger partial charge in [0.25, 0.3) is 12.3 Å². The van der Waals surface area contributed by atoms with Crippen LogP contribution in [0, 0.1) is 0 Å². The molecule has 198 valence electrons. The zero-order valence-electron chi connectivity index (χ0n) is 20.2. The Kier molecular flexibility index (Phi) is 7.14. The Balaban J connectivity index is 1.46. The molecule has 9 nitrogen and oxygen atoms in total. The quantitative estimate of drug-likeness (QED) is 0.380. The summed E-state index contributed by atoms with van der Waals surface area (Å²) < 4.78 is 56.3. The van der Waals surface area contributed by atoms with E-state index in [4.69, 9.17) is 11.6 Å². The predicted molar refractivity (Wildman–Crippen MR) is 139 cm³/mol. The predicted octanol–water partition coefficient (Wildman–Crippen LogP) is 4.18. The number of anilines is 1. The van der Waals surface area contributed by atoms with Crippen LogP contribution >= 0.6 is 11.6 Å². The Hall–Kier alpha value is -3.45. The number of nitrogens with one attached hydrogen (secondary N) is 1. The van der Waals surface area contributed by atoms with Crippen LogP contribution in [0.1, 0.15) is 22.5 Å². The van der Waals surface area contributed by atoms with E-state index in [1.54, 1.807) is 30.3 Å². The van der Waals surface area contributed by atoms with Crippen molar-refractivity contribution in [1.82, 2.24) is 23.8 Å². The van der Waals surface area contributed by atoms with Crippen LogP contribution in [0.3, 0.4) is 0 Å². The highest BCUT2D eigenvalue weighted by atomic mass is 35.5. The number of amides is 1. The molecule has 3 heterocycles. The Morgan fingerprint density at radius 2 is 1.76 bits per heavy atom. The van der Waals surface area contributed by atoms with Crippen molar-refractivity contribution in [1.29, 1.82) is 0 Å². The van der Waals surface area contributed by atoms with Gasteiger partial charge < -0.3 is 10.2 Å². The Morgan fingerprint density at radius 3 is 2.45 bits per heavy atom. The molecular weight excluding hydrogens is 538 g/mol. The Bertz CT molecular complexity index is 1600. The number of aromatic nitrogens is 3. The fraction of sp³-hybridized carbons (Fsp3) is 0.240. The molecule has 1 N–H and O–H groups in total. The fourth-order valence-corrected chi connectivity index (χ4v) is 5.78. The van der Waals surface area contributed by atoms with Gasteiger partial charge in [-0.05, 0) is 43.4 Å². The second kappa shape index (κ2) is 10.4. The monoisotopic (exact) mass is 560 g/mol. The third-order valence-electron chi connectivity index (χ3n) is 6.30. The number of sulfonamides is 1. The summed E-state index contributed by atoms with van der Waals surface area (Å²) in [6.45, 7) is 1.98. The SMILES string of the molecule is CN1CCN(S(=O)(=O)c2cccc(NC(=O)c3cnn4c(C(F)F)cc(-c5ccc(Cl)cc5)nc34)c2)CC1. The maximum absolute atomic E-state index is 13.9. The molecule has 0 radical (unpaired) electrons. The largest absolute Gasteiger partial charge is 0.322 e. The molecule has 1 amide bonds. The molecule has 0 saturated carbocycles. The third-order valence-corrected chi connectivity index (χ3v) is 8.45. The van der Waals surface area contributed by atoms with Gasteiger partial charge in [0.05, 0.1) is 16.8 Å². The zero-order valence-corrected chi connectivity index (χ0v) is 21.8. The van der Waals surface area contributed by atoms with Gasteiger partial charge in [0.15, 0.2) is 5.65 Å². The van der Waals surface area contributed by atoms with Crippen LogP contribution in [0.5, 0.6) is 0 Å². The van der Waals surface area contributed by atoms with Crippen LogP contribution in [0.2, 0.25) is 5.02 Å². The number of likely N-dealkylation sites (N-methyl/N-ethyl adjacent to an activating group) is 1. The van der Waals surface area contributed by atoms with E-state index in [0.717, 1.165) is 10.7 Å². The van der Waals surface area contributed by atoms with E-state index in [0.29, 0.717) is 36.8 Å². The molecule has 1 aliphatic heterocycles. The van der Waals surface area contributed by atoms with Crippen molar-refractivity contribution < 1.29 is 22.0 Å². The molecule has 0 spiro atoms. The van der Waals surface area contributed by atoms with Gasteiger partial charge in [-0.15, -0.1) is 0 Å². The highest BCUT2D eigenvalue weighted by molar-refractivity contribution is 7.89. The minimum absolute atomic E-state index is 0.0443. The molecule has 13 heteroatoms. The smallest absolute Gasteiger partial charge is 0.280 e. The van der Waals surface area contributed by atoms with Crippen LogP contribution in [-0.4, -0.2) is 71.4 Å². The second-order valence-corrected chi connectivity index (χ2v) is 11.2. The highest BCUT2D eigenvalue weighted by Gasteiger charge is 2.28. The van der Waals surface area contributed by atoms with Crippen molar-refractivity contribution in [2.24, 2.45) is 0 Å². The molecule has 5 rings (SSSR count). The van der Waals surface area contributed by atoms with Gasteiger partial charge in [-0.3, -0.25) is 4.79 Å². The molecule has 0 bridgehead atoms. The van der Waals surface area contributed by atoms with Crippen LogP contribution in [-0.2, 0) is 10.0 Å². The number of hydrogen-bond acceptors (Lipinski definition) is 6. The number of carbonyl (C=O) groups is 1. The fourth-order valence-electron chi connectivity index (χ4n) is 4.18. The number of piperazine rings is 1. The van der Waals surface area contributed by atoms with E-state index in [2.05, 4.69) is 15.4 Å². The molecule has 0 unspecified atom stereocenters. The number of nitrogens with zero attached hydrogens (tertiary/aromatic N) is 5. The van der Waals surface area contributed by atoms with Crippen molar-refractivity contribution in [2.75, 3.05) is 38.5 Å². The van der Waals surface area contributed by atoms with Crippen LogP contribution < -0.4 is 5.32 Å². The van der Waals surface area contributed by atoms with Gasteiger partial charge in [-0.25, -0.2) is 26.7 Å². The minimum atomic E-state index is -3.75. The first-order chi connectivity index (χ1) is 18.1. The van der Waals surface area contributed by atoms with Crippen molar-refractivity contribution in [3.05, 3.63) is 77.1 Å². The minimum Gasteiger partial charge on any atom is -0.322 e. The number of rotatable bonds is 6. The maximum Gasteiger partial charge on any atom is 0.280 e. The molecule has 2 aromatic carbocycles. The standard InChI is InChI=1S/C25H23ClF2N6O3S/c1-32-9-11-33(12-10-32)38(36,37)19-4-2-3-18(13-19)30-25(35)20-15-29-34-22(23(27)28)14-21(31-24(20)34)16-5-7-17(26)8-6-16/h2-8,13-15,23H,9-12H2,1H3,(H,30,35). The number of halogens is 3. The van der Waals surface area contributed by atoms with Crippen LogP contribution in [0.15, 0.2) is 65.7 Å². The summed E-state index contributed by atoms with van der Waals surface area (Å²) in [7, 11) is -1.82. The molecule has 2 aromatic heterocycles. The summed E-state index contributed by atoms with van der Waals surface area (Å²) in [5, 5.41) is 7.08. The molecule has 38 heavy (non-hydrogen) atoms. The Labute approximate surface area is 222 Å². The summed E-state index contributed by atoms with van der Waals surface area (Å²) >= 11 is 5.94. The van der Waals surface area contributed by atoms with Gasteiger partial charge in [-0.2, -0.15) is 9.40 Å². The van der Waals surface area contributed by atoms with Crippen molar-refractivity contribution in [3.8, 4) is 11.3 Å². The summed E-state index contributed by atoms with van der Waals surface area (Å²) in [4.78, 5) is 19.7. The van der Waals surface area contributed by atoms with Crippen molar-refractivity contribution in [3.63, 3.8) is 0 Å². The summed E-state index contributed by atoms with van der Waals surface area (Å²) in [6.07, 6.45) is -1.72. The number of carbonyl (C=O) groups excluding carboxylic acids is 1. The number of benzene rings is 2. The van der Waals surface area contributed by atoms with Gasteiger partial charge in [0.1, 0.15) is 11.3 Å². The second-order valence-electron chi connectivity index (χ2n) is 8.86. The van der Waals surface area contributed by atoms with E-state index in [1.807, 2.05) is 11.9 Å². The molecule has 4 aromatic rings. The third kappa shape index (κ3) is 5.12. The van der Waals surface area contributed by atoms with E-state index in [-0.39, 0.29) is 27.5 Å². The van der Waals surface area contributed by atoms with Crippen LogP contribution in [0.25, 0.3) is 16.9 Å². The average Bonchev–Trinajstić information content (AvgIpc) is 3.33. The lowest BCUT2D eigenvalue weighted by Crippen LogP contribution is -2.47. The summed E-state index contributed by atoms with van der Waals surface area (Å²) in [5.41, 5.74) is 0.445. The lowest BCUT2D eigenvalue weighted by molar-refractivity contribution is 0.102. The summed E-state index contributed by atoms with van der Waals surface area (Å²) in [5.74, 6) is -0.671. The van der Waals surface area contributed by atoms with Gasteiger partial charge >= 0.3 is 0 Å². The normalized spacial score (nSPS) is 15.3. The molecule has 0 atom stereocenters. The summed E-state index contributed by atoms with van der Waals surface area (Å²) in [6, 6.07) is 13.6. The molecule has 1 aliphatic rings. The molecule has 1 saturated heterocycles. The first-order valence-corrected chi connectivity index (χ1v) is 13.5. The van der Waals surface area contributed by atoms with Crippen molar-refractivity contribution in [2.45, 2.75) is 11.3 Å². The average molecular weight is 561 g/mol. The van der Waals surface area contributed by atoms with Gasteiger partial charge in [-0.1, -0.05) is 29.8 Å². The number of fused-ring (bicyclic) bond motifs is 1. The van der Waals surface area contributed by atoms with Gasteiger partial charge in [0, 0.05) is 42.5 Å². The van der Waals surface area contributed by atoms with E-state index in [1.165, 1.54) is 28.6 Å². The zero-order chi connectivity index (χ0) is 27.0. The van der Waals surface area contributed by atoms with Gasteiger partial charge in [0.2, 0.25) is 10.0 Å². The maximum atomic E-state index is 13.9. The van der Waals surface area contributed by atoms with E-state index in [9.17, 15) is 22.0 Å². The van der Waals surface area contributed by atoms with Crippen molar-refractivity contribution >= 4 is 38.9 Å². The Morgan fingerprint density at radius 1 is 1.05 bits per heavy atom. The lowest BCUT2D eigenvalue weighted by atomic mass is 10.1. The van der Waals surface area contributed by atoms with E-state index >= 15 is 0 Å². The number of hydrogen-bond donors (Lipinski definition) is 1. The molecule has 1 fully saturated rings. The van der Waals surface area contributed by atoms with E-state index < -0.39 is 28.0 Å². The molecule has 0 aliphatic carbocycles. The molecular formula is C25H23ClF2N6O3S. The number of alkyl halides is 2. The topological polar surface area (TPSA) is 99.9 Å². The first-order valence-electron chi connectivity index (χ1n) is 11.7. The highest BCUT2D eigenvalue weighted by Crippen LogP contribution is 2.28. The van der Waals surface area contributed by atoms with Crippen LogP contribution in [0.4, 0.5) is 14.5 Å².